The Balaban J connectivity index is 0.00000210. The molecule has 2 aromatic heterocycles. The first-order valence-electron chi connectivity index (χ1n) is 8.85. The molecule has 8 heteroatoms. The van der Waals surface area contributed by atoms with Gasteiger partial charge in [0.2, 0.25) is 5.91 Å². The third kappa shape index (κ3) is 3.87. The summed E-state index contributed by atoms with van der Waals surface area (Å²) in [6.07, 6.45) is 4.18. The maximum Gasteiger partial charge on any atom is 0.248 e. The highest BCUT2D eigenvalue weighted by Gasteiger charge is 2.42. The van der Waals surface area contributed by atoms with Crippen molar-refractivity contribution in [1.82, 2.24) is 20.4 Å². The summed E-state index contributed by atoms with van der Waals surface area (Å²) in [6.45, 7) is 1.74. The molecule has 1 amide bonds. The molecule has 3 aromatic rings. The molecule has 0 spiro atoms. The lowest BCUT2D eigenvalue weighted by Gasteiger charge is -2.36. The van der Waals surface area contributed by atoms with E-state index in [2.05, 4.69) is 15.7 Å². The number of hydrogen-bond acceptors (Lipinski definition) is 5. The van der Waals surface area contributed by atoms with Gasteiger partial charge in [-0.25, -0.2) is 0 Å². The zero-order valence-corrected chi connectivity index (χ0v) is 16.4. The molecule has 1 aliphatic heterocycles. The van der Waals surface area contributed by atoms with Gasteiger partial charge in [-0.15, -0.1) is 23.7 Å². The van der Waals surface area contributed by atoms with Crippen LogP contribution in [0.5, 0.6) is 0 Å². The van der Waals surface area contributed by atoms with E-state index in [4.69, 9.17) is 0 Å². The second kappa shape index (κ2) is 8.39. The fourth-order valence-corrected chi connectivity index (χ4v) is 4.59. The van der Waals surface area contributed by atoms with Crippen LogP contribution < -0.4 is 10.6 Å². The number of carbonyl (C=O) groups excluding carboxylic acids is 1. The van der Waals surface area contributed by atoms with E-state index in [-0.39, 0.29) is 24.9 Å². The van der Waals surface area contributed by atoms with Gasteiger partial charge in [-0.1, -0.05) is 18.2 Å². The van der Waals surface area contributed by atoms with E-state index in [1.54, 1.807) is 22.2 Å². The Morgan fingerprint density at radius 1 is 1.33 bits per heavy atom. The predicted octanol–water partition coefficient (Wildman–Crippen LogP) is 2.45. The van der Waals surface area contributed by atoms with Crippen molar-refractivity contribution < 1.29 is 9.90 Å². The molecule has 0 aliphatic carbocycles. The summed E-state index contributed by atoms with van der Waals surface area (Å²) in [7, 11) is 0. The van der Waals surface area contributed by atoms with E-state index in [9.17, 15) is 9.90 Å². The lowest BCUT2D eigenvalue weighted by molar-refractivity contribution is -0.132. The van der Waals surface area contributed by atoms with Crippen molar-refractivity contribution in [2.45, 2.75) is 24.5 Å². The zero-order valence-electron chi connectivity index (χ0n) is 14.8. The van der Waals surface area contributed by atoms with Gasteiger partial charge in [0.1, 0.15) is 11.6 Å². The number of nitrogens with one attached hydrogen (secondary N) is 2. The molecule has 3 heterocycles. The number of aliphatic hydroxyl groups is 1. The fourth-order valence-electron chi connectivity index (χ4n) is 3.54. The minimum atomic E-state index is -0.715. The number of thiophene rings is 1. The van der Waals surface area contributed by atoms with Crippen molar-refractivity contribution >= 4 is 39.7 Å². The third-order valence-corrected chi connectivity index (χ3v) is 6.24. The van der Waals surface area contributed by atoms with Gasteiger partial charge in [0.25, 0.3) is 0 Å². The molecule has 6 nitrogen and oxygen atoms in total. The molecular formula is C19H23ClN4O2S. The molecule has 144 valence electrons. The van der Waals surface area contributed by atoms with Gasteiger partial charge in [-0.05, 0) is 49.5 Å². The maximum atomic E-state index is 13.0. The monoisotopic (exact) mass is 406 g/mol. The van der Waals surface area contributed by atoms with E-state index in [1.165, 1.54) is 0 Å². The molecule has 0 radical (unpaired) electrons. The van der Waals surface area contributed by atoms with Crippen LogP contribution in [-0.4, -0.2) is 40.4 Å². The SMILES string of the molecule is Cl.O=C(NCC(O)c1cc2ccccc2s1)C1(n2cccn2)CCNCC1. The average Bonchev–Trinajstić information content (AvgIpc) is 3.36. The van der Waals surface area contributed by atoms with Gasteiger partial charge in [0.05, 0.1) is 0 Å². The summed E-state index contributed by atoms with van der Waals surface area (Å²) in [5.41, 5.74) is -0.686. The number of halogens is 1. The molecular weight excluding hydrogens is 384 g/mol. The van der Waals surface area contributed by atoms with E-state index in [0.29, 0.717) is 12.8 Å². The Bertz CT molecular complexity index is 857. The van der Waals surface area contributed by atoms with Crippen LogP contribution in [0.1, 0.15) is 23.8 Å². The van der Waals surface area contributed by atoms with Crippen LogP contribution >= 0.6 is 23.7 Å². The number of amides is 1. The largest absolute Gasteiger partial charge is 0.386 e. The first-order valence-corrected chi connectivity index (χ1v) is 9.66. The number of rotatable bonds is 5. The number of hydrogen-bond donors (Lipinski definition) is 3. The van der Waals surface area contributed by atoms with Crippen LogP contribution in [-0.2, 0) is 10.3 Å². The third-order valence-electron chi connectivity index (χ3n) is 5.03. The number of aliphatic hydroxyl groups excluding tert-OH is 1. The van der Waals surface area contributed by atoms with Crippen molar-refractivity contribution in [1.29, 1.82) is 0 Å². The molecule has 1 fully saturated rings. The summed E-state index contributed by atoms with van der Waals surface area (Å²) < 4.78 is 2.90. The molecule has 0 bridgehead atoms. The quantitative estimate of drug-likeness (QED) is 0.608. The topological polar surface area (TPSA) is 79.2 Å². The molecule has 3 N–H and O–H groups in total. The number of fused-ring (bicyclic) bond motifs is 1. The van der Waals surface area contributed by atoms with Crippen LogP contribution in [0.25, 0.3) is 10.1 Å². The lowest BCUT2D eigenvalue weighted by atomic mass is 9.87. The molecule has 1 unspecified atom stereocenters. The fraction of sp³-hybridized carbons (Fsp3) is 0.368. The van der Waals surface area contributed by atoms with Crippen molar-refractivity contribution in [3.8, 4) is 0 Å². The highest BCUT2D eigenvalue weighted by Crippen LogP contribution is 2.30. The lowest BCUT2D eigenvalue weighted by Crippen LogP contribution is -2.55. The van der Waals surface area contributed by atoms with Gasteiger partial charge in [-0.3, -0.25) is 9.48 Å². The molecule has 1 saturated heterocycles. The van der Waals surface area contributed by atoms with Gasteiger partial charge < -0.3 is 15.7 Å². The Morgan fingerprint density at radius 2 is 2.11 bits per heavy atom. The molecule has 1 atom stereocenters. The average molecular weight is 407 g/mol. The Hall–Kier alpha value is -1.93. The Morgan fingerprint density at radius 3 is 2.81 bits per heavy atom. The number of benzene rings is 1. The van der Waals surface area contributed by atoms with Crippen molar-refractivity contribution in [2.75, 3.05) is 19.6 Å². The van der Waals surface area contributed by atoms with Crippen molar-refractivity contribution in [2.24, 2.45) is 0 Å². The Labute approximate surface area is 168 Å². The van der Waals surface area contributed by atoms with Gasteiger partial charge in [0, 0.05) is 28.5 Å². The van der Waals surface area contributed by atoms with Gasteiger partial charge >= 0.3 is 0 Å². The standard InChI is InChI=1S/C19H22N4O2S.ClH/c24-15(17-12-14-4-1-2-5-16(14)26-17)13-21-18(25)19(6-9-20-10-7-19)23-11-3-8-22-23;/h1-5,8,11-12,15,20,24H,6-7,9-10,13H2,(H,21,25);1H. The van der Waals surface area contributed by atoms with Gasteiger partial charge in [-0.2, -0.15) is 5.10 Å². The number of nitrogens with zero attached hydrogens (tertiary/aromatic N) is 2. The normalized spacial score (nSPS) is 17.2. The van der Waals surface area contributed by atoms with Crippen LogP contribution in [0.3, 0.4) is 0 Å². The first kappa shape index (κ1) is 19.8. The van der Waals surface area contributed by atoms with Crippen LogP contribution in [0.15, 0.2) is 48.8 Å². The van der Waals surface area contributed by atoms with E-state index in [1.807, 2.05) is 42.6 Å². The van der Waals surface area contributed by atoms with Crippen LogP contribution in [0, 0.1) is 0 Å². The Kier molecular flexibility index (Phi) is 6.16. The molecule has 1 aliphatic rings. The summed E-state index contributed by atoms with van der Waals surface area (Å²) in [6, 6.07) is 11.9. The highest BCUT2D eigenvalue weighted by molar-refractivity contribution is 7.19. The number of piperidine rings is 1. The van der Waals surface area contributed by atoms with Crippen LogP contribution in [0.2, 0.25) is 0 Å². The predicted molar refractivity (Wildman–Crippen MR) is 109 cm³/mol. The van der Waals surface area contributed by atoms with Gasteiger partial charge in [0.15, 0.2) is 0 Å². The van der Waals surface area contributed by atoms with E-state index in [0.717, 1.165) is 28.1 Å². The summed E-state index contributed by atoms with van der Waals surface area (Å²) in [5.74, 6) is -0.0807. The number of carbonyl (C=O) groups is 1. The minimum absolute atomic E-state index is 0. The molecule has 27 heavy (non-hydrogen) atoms. The van der Waals surface area contributed by atoms with Crippen molar-refractivity contribution in [3.05, 3.63) is 53.7 Å². The van der Waals surface area contributed by atoms with E-state index >= 15 is 0 Å². The highest BCUT2D eigenvalue weighted by atomic mass is 35.5. The summed E-state index contributed by atoms with van der Waals surface area (Å²) >= 11 is 1.56. The zero-order chi connectivity index (χ0) is 18.0. The summed E-state index contributed by atoms with van der Waals surface area (Å²) in [5, 5.41) is 22.2. The second-order valence-electron chi connectivity index (χ2n) is 6.64. The second-order valence-corrected chi connectivity index (χ2v) is 7.76. The minimum Gasteiger partial charge on any atom is -0.386 e. The molecule has 1 aromatic carbocycles. The maximum absolute atomic E-state index is 13.0. The van der Waals surface area contributed by atoms with Crippen LogP contribution in [0.4, 0.5) is 0 Å². The van der Waals surface area contributed by atoms with E-state index < -0.39 is 11.6 Å². The van der Waals surface area contributed by atoms with Crippen molar-refractivity contribution in [3.63, 3.8) is 0 Å². The molecule has 0 saturated carbocycles. The summed E-state index contributed by atoms with van der Waals surface area (Å²) in [4.78, 5) is 13.9. The smallest absolute Gasteiger partial charge is 0.248 e. The number of aromatic nitrogens is 2. The molecule has 4 rings (SSSR count). The first-order chi connectivity index (χ1) is 12.7.